The second-order valence-electron chi connectivity index (χ2n) is 7.38. The lowest BCUT2D eigenvalue weighted by Gasteiger charge is -2.14. The number of nitrogens with zero attached hydrogens (tertiary/aromatic N) is 3. The predicted octanol–water partition coefficient (Wildman–Crippen LogP) is 3.51. The van der Waals surface area contributed by atoms with Crippen LogP contribution in [0.3, 0.4) is 0 Å². The second kappa shape index (κ2) is 7.67. The van der Waals surface area contributed by atoms with Gasteiger partial charge >= 0.3 is 0 Å². The first-order chi connectivity index (χ1) is 13.5. The van der Waals surface area contributed by atoms with Crippen molar-refractivity contribution < 1.29 is 14.2 Å². The molecule has 1 aliphatic heterocycles. The van der Waals surface area contributed by atoms with Crippen LogP contribution >= 0.6 is 0 Å². The minimum absolute atomic E-state index is 0.145. The zero-order valence-electron chi connectivity index (χ0n) is 16.4. The van der Waals surface area contributed by atoms with E-state index in [1.54, 1.807) is 23.8 Å². The molecule has 0 unspecified atom stereocenters. The Morgan fingerprint density at radius 3 is 2.68 bits per heavy atom. The molecular weight excluding hydrogens is 358 g/mol. The normalized spacial score (nSPS) is 16.8. The van der Waals surface area contributed by atoms with E-state index in [1.165, 1.54) is 4.57 Å². The molecule has 0 N–H and O–H groups in total. The van der Waals surface area contributed by atoms with Gasteiger partial charge in [0.25, 0.3) is 5.56 Å². The van der Waals surface area contributed by atoms with Crippen molar-refractivity contribution in [3.05, 3.63) is 52.8 Å². The summed E-state index contributed by atoms with van der Waals surface area (Å²) in [7, 11) is 1.69. The molecule has 0 radical (unpaired) electrons. The first kappa shape index (κ1) is 18.6. The Morgan fingerprint density at radius 2 is 2.00 bits per heavy atom. The van der Waals surface area contributed by atoms with Crippen molar-refractivity contribution >= 4 is 5.52 Å². The van der Waals surface area contributed by atoms with Gasteiger partial charge in [0.2, 0.25) is 5.88 Å². The molecule has 1 saturated heterocycles. The third-order valence-corrected chi connectivity index (χ3v) is 4.94. The Kier molecular flexibility index (Phi) is 5.09. The highest BCUT2D eigenvalue weighted by Crippen LogP contribution is 2.25. The summed E-state index contributed by atoms with van der Waals surface area (Å²) in [5, 5.41) is 0. The van der Waals surface area contributed by atoms with Gasteiger partial charge < -0.3 is 14.2 Å². The van der Waals surface area contributed by atoms with Gasteiger partial charge in [0.05, 0.1) is 18.5 Å². The number of imidazole rings is 1. The van der Waals surface area contributed by atoms with Crippen LogP contribution in [0.25, 0.3) is 5.52 Å². The summed E-state index contributed by atoms with van der Waals surface area (Å²) < 4.78 is 20.6. The summed E-state index contributed by atoms with van der Waals surface area (Å²) in [6.07, 6.45) is 5.74. The van der Waals surface area contributed by atoms with E-state index >= 15 is 0 Å². The van der Waals surface area contributed by atoms with Gasteiger partial charge in [0, 0.05) is 19.6 Å². The van der Waals surface area contributed by atoms with Crippen molar-refractivity contribution in [2.45, 2.75) is 38.7 Å². The Labute approximate surface area is 163 Å². The largest absolute Gasteiger partial charge is 0.491 e. The van der Waals surface area contributed by atoms with Gasteiger partial charge in [-0.3, -0.25) is 13.8 Å². The van der Waals surface area contributed by atoms with E-state index in [0.717, 1.165) is 31.0 Å². The molecule has 1 aliphatic rings. The van der Waals surface area contributed by atoms with Crippen molar-refractivity contribution in [2.24, 2.45) is 7.05 Å². The molecule has 0 aliphatic carbocycles. The summed E-state index contributed by atoms with van der Waals surface area (Å²) in [4.78, 5) is 17.0. The molecule has 0 spiro atoms. The van der Waals surface area contributed by atoms with Crippen LogP contribution in [0.1, 0.15) is 38.4 Å². The van der Waals surface area contributed by atoms with Crippen LogP contribution in [0, 0.1) is 0 Å². The van der Waals surface area contributed by atoms with Crippen molar-refractivity contribution in [3.63, 3.8) is 0 Å². The average Bonchev–Trinajstić information content (AvgIpc) is 3.35. The Morgan fingerprint density at radius 1 is 1.25 bits per heavy atom. The van der Waals surface area contributed by atoms with Crippen molar-refractivity contribution in [1.82, 2.24) is 14.0 Å². The fourth-order valence-corrected chi connectivity index (χ4v) is 3.35. The maximum absolute atomic E-state index is 12.6. The van der Waals surface area contributed by atoms with Gasteiger partial charge in [-0.15, -0.1) is 0 Å². The monoisotopic (exact) mass is 383 g/mol. The van der Waals surface area contributed by atoms with Crippen LogP contribution in [-0.4, -0.2) is 33.3 Å². The molecule has 0 saturated carbocycles. The third kappa shape index (κ3) is 3.62. The van der Waals surface area contributed by atoms with Gasteiger partial charge in [-0.25, -0.2) is 4.98 Å². The van der Waals surface area contributed by atoms with Crippen molar-refractivity contribution in [3.8, 4) is 17.4 Å². The SMILES string of the molecule is CC(C)c1ncc2c(=O)n(C)c(Oc3ccc(OC[C@H]4CCCO4)cc3)cn12. The highest BCUT2D eigenvalue weighted by Gasteiger charge is 2.16. The second-order valence-corrected chi connectivity index (χ2v) is 7.38. The standard InChI is InChI=1S/C21H25N3O4/c1-14(2)20-22-11-18-21(25)23(3)19(12-24(18)20)28-16-8-6-15(7-9-16)27-13-17-5-4-10-26-17/h6-9,11-12,14,17H,4-5,10,13H2,1-3H3/t17-/m1/s1. The number of hydrogen-bond acceptors (Lipinski definition) is 5. The summed E-state index contributed by atoms with van der Waals surface area (Å²) in [5.41, 5.74) is 0.393. The van der Waals surface area contributed by atoms with Gasteiger partial charge in [0.15, 0.2) is 0 Å². The van der Waals surface area contributed by atoms with Crippen LogP contribution in [-0.2, 0) is 11.8 Å². The van der Waals surface area contributed by atoms with Gasteiger partial charge in [0.1, 0.15) is 29.4 Å². The predicted molar refractivity (Wildman–Crippen MR) is 106 cm³/mol. The average molecular weight is 383 g/mol. The molecule has 0 amide bonds. The summed E-state index contributed by atoms with van der Waals surface area (Å²) in [6, 6.07) is 7.38. The third-order valence-electron chi connectivity index (χ3n) is 4.94. The number of benzene rings is 1. The molecule has 28 heavy (non-hydrogen) atoms. The lowest BCUT2D eigenvalue weighted by Crippen LogP contribution is -2.20. The lowest BCUT2D eigenvalue weighted by molar-refractivity contribution is 0.0679. The fourth-order valence-electron chi connectivity index (χ4n) is 3.35. The molecule has 7 nitrogen and oxygen atoms in total. The first-order valence-corrected chi connectivity index (χ1v) is 9.62. The molecule has 148 valence electrons. The van der Waals surface area contributed by atoms with E-state index in [4.69, 9.17) is 14.2 Å². The van der Waals surface area contributed by atoms with Gasteiger partial charge in [-0.2, -0.15) is 0 Å². The summed E-state index contributed by atoms with van der Waals surface area (Å²) in [5.74, 6) is 2.87. The minimum atomic E-state index is -0.145. The number of rotatable bonds is 6. The number of aromatic nitrogens is 3. The van der Waals surface area contributed by atoms with Gasteiger partial charge in [-0.1, -0.05) is 13.8 Å². The maximum atomic E-state index is 12.6. The minimum Gasteiger partial charge on any atom is -0.491 e. The molecule has 3 heterocycles. The Bertz CT molecular complexity index is 1010. The molecule has 2 aromatic heterocycles. The smallest absolute Gasteiger partial charge is 0.279 e. The molecule has 1 aromatic carbocycles. The van der Waals surface area contributed by atoms with E-state index in [0.29, 0.717) is 23.8 Å². The fraction of sp³-hybridized carbons (Fsp3) is 0.429. The zero-order chi connectivity index (χ0) is 19.7. The maximum Gasteiger partial charge on any atom is 0.279 e. The molecular formula is C21H25N3O4. The number of ether oxygens (including phenoxy) is 3. The lowest BCUT2D eigenvalue weighted by atomic mass is 10.2. The van der Waals surface area contributed by atoms with Crippen molar-refractivity contribution in [2.75, 3.05) is 13.2 Å². The highest BCUT2D eigenvalue weighted by molar-refractivity contribution is 5.46. The summed E-state index contributed by atoms with van der Waals surface area (Å²) >= 11 is 0. The van der Waals surface area contributed by atoms with E-state index < -0.39 is 0 Å². The van der Waals surface area contributed by atoms with E-state index in [2.05, 4.69) is 4.98 Å². The van der Waals surface area contributed by atoms with Crippen LogP contribution in [0.4, 0.5) is 0 Å². The molecule has 0 bridgehead atoms. The quantitative estimate of drug-likeness (QED) is 0.652. The highest BCUT2D eigenvalue weighted by atomic mass is 16.5. The van der Waals surface area contributed by atoms with Crippen LogP contribution < -0.4 is 15.0 Å². The van der Waals surface area contributed by atoms with E-state index in [1.807, 2.05) is 38.1 Å². The molecule has 1 fully saturated rings. The van der Waals surface area contributed by atoms with Gasteiger partial charge in [-0.05, 0) is 37.1 Å². The number of hydrogen-bond donors (Lipinski definition) is 0. The summed E-state index contributed by atoms with van der Waals surface area (Å²) in [6.45, 7) is 5.47. The topological polar surface area (TPSA) is 67.0 Å². The van der Waals surface area contributed by atoms with Crippen molar-refractivity contribution in [1.29, 1.82) is 0 Å². The molecule has 1 atom stereocenters. The first-order valence-electron chi connectivity index (χ1n) is 9.62. The van der Waals surface area contributed by atoms with Crippen LogP contribution in [0.5, 0.6) is 17.4 Å². The van der Waals surface area contributed by atoms with E-state index in [-0.39, 0.29) is 17.6 Å². The zero-order valence-corrected chi connectivity index (χ0v) is 16.4. The van der Waals surface area contributed by atoms with E-state index in [9.17, 15) is 4.79 Å². The molecule has 7 heteroatoms. The molecule has 4 rings (SSSR count). The molecule has 3 aromatic rings. The van der Waals surface area contributed by atoms with Crippen LogP contribution in [0.2, 0.25) is 0 Å². The Hall–Kier alpha value is -2.80. The van der Waals surface area contributed by atoms with Crippen LogP contribution in [0.15, 0.2) is 41.5 Å². The Balaban J connectivity index is 1.53. The number of fused-ring (bicyclic) bond motifs is 1.